The van der Waals surface area contributed by atoms with Gasteiger partial charge in [0.05, 0.1) is 5.56 Å². The number of hydrogen-bond acceptors (Lipinski definition) is 4. The number of hydrogen-bond donors (Lipinski definition) is 1. The molecule has 0 radical (unpaired) electrons. The lowest BCUT2D eigenvalue weighted by Gasteiger charge is -2.09. The molecule has 18 heavy (non-hydrogen) atoms. The fourth-order valence-corrected chi connectivity index (χ4v) is 1.80. The highest BCUT2D eigenvalue weighted by Crippen LogP contribution is 2.08. The Balaban J connectivity index is 2.75. The highest BCUT2D eigenvalue weighted by molar-refractivity contribution is 7.85. The maximum Gasteiger partial charge on any atom is 0.338 e. The molecule has 8 heteroatoms. The summed E-state index contributed by atoms with van der Waals surface area (Å²) < 4.78 is 34.3. The van der Waals surface area contributed by atoms with Crippen LogP contribution in [-0.2, 0) is 21.2 Å². The molecule has 0 bridgehead atoms. The van der Waals surface area contributed by atoms with Crippen LogP contribution in [0, 0.1) is 0 Å². The van der Waals surface area contributed by atoms with Crippen molar-refractivity contribution >= 4 is 37.2 Å². The first kappa shape index (κ1) is 14.8. The molecule has 96 valence electrons. The van der Waals surface area contributed by atoms with Crippen LogP contribution in [0.25, 0.3) is 0 Å². The number of carbonyl (C=O) groups is 1. The van der Waals surface area contributed by atoms with Crippen molar-refractivity contribution in [1.29, 1.82) is 0 Å². The van der Waals surface area contributed by atoms with Gasteiger partial charge in [0.15, 0.2) is 0 Å². The zero-order valence-corrected chi connectivity index (χ0v) is 11.2. The third-order valence-corrected chi connectivity index (χ3v) is 3.12. The fraction of sp³-hybridized carbons (Fsp3) is 0.300. The van der Waals surface area contributed by atoms with E-state index in [1.54, 1.807) is 6.07 Å². The molecule has 0 amide bonds. The summed E-state index contributed by atoms with van der Waals surface area (Å²) in [6.07, 6.45) is 0.684. The van der Waals surface area contributed by atoms with Gasteiger partial charge in [-0.25, -0.2) is 4.79 Å². The first-order valence-corrected chi connectivity index (χ1v) is 7.16. The quantitative estimate of drug-likeness (QED) is 0.384. The summed E-state index contributed by atoms with van der Waals surface area (Å²) in [5, 5.41) is 0. The summed E-state index contributed by atoms with van der Waals surface area (Å²) >= 11 is 0. The molecular formula is C10H14B2O5S. The van der Waals surface area contributed by atoms with Gasteiger partial charge in [0.25, 0.3) is 10.1 Å². The van der Waals surface area contributed by atoms with Crippen molar-refractivity contribution in [2.75, 3.05) is 12.4 Å². The summed E-state index contributed by atoms with van der Waals surface area (Å²) in [5.74, 6) is -1.16. The van der Waals surface area contributed by atoms with E-state index in [2.05, 4.69) is 0 Å². The summed E-state index contributed by atoms with van der Waals surface area (Å²) in [6, 6.07) is 5.44. The van der Waals surface area contributed by atoms with Crippen molar-refractivity contribution in [2.24, 2.45) is 0 Å². The monoisotopic (exact) mass is 268 g/mol. The molecule has 1 aromatic carbocycles. The number of esters is 1. The van der Waals surface area contributed by atoms with E-state index in [4.69, 9.17) is 9.29 Å². The van der Waals surface area contributed by atoms with Crippen LogP contribution in [0.3, 0.4) is 0 Å². The van der Waals surface area contributed by atoms with Gasteiger partial charge >= 0.3 is 5.97 Å². The number of rotatable bonds is 5. The van der Waals surface area contributed by atoms with Crippen LogP contribution in [0.2, 0.25) is 0 Å². The Kier molecular flexibility index (Phi) is 4.98. The highest BCUT2D eigenvalue weighted by Gasteiger charge is 2.13. The van der Waals surface area contributed by atoms with Gasteiger partial charge < -0.3 is 4.74 Å². The molecule has 5 nitrogen and oxygen atoms in total. The first-order chi connectivity index (χ1) is 8.33. The molecule has 0 heterocycles. The second-order valence-corrected chi connectivity index (χ2v) is 5.51. The molecule has 0 aliphatic heterocycles. The predicted molar refractivity (Wildman–Crippen MR) is 73.6 cm³/mol. The lowest BCUT2D eigenvalue weighted by Crippen LogP contribution is -2.17. The molecule has 1 N–H and O–H groups in total. The van der Waals surface area contributed by atoms with Gasteiger partial charge in [-0.05, 0) is 5.56 Å². The average Bonchev–Trinajstić information content (AvgIpc) is 2.27. The maximum atomic E-state index is 11.8. The fourth-order valence-electron chi connectivity index (χ4n) is 1.51. The molecule has 0 unspecified atom stereocenters. The van der Waals surface area contributed by atoms with Gasteiger partial charge in [0, 0.05) is 0 Å². The molecule has 0 atom stereocenters. The minimum Gasteiger partial charge on any atom is -0.461 e. The van der Waals surface area contributed by atoms with Crippen molar-refractivity contribution in [3.63, 3.8) is 0 Å². The molecule has 0 aliphatic rings. The van der Waals surface area contributed by atoms with Crippen molar-refractivity contribution in [3.8, 4) is 0 Å². The van der Waals surface area contributed by atoms with Crippen LogP contribution >= 0.6 is 0 Å². The smallest absolute Gasteiger partial charge is 0.338 e. The summed E-state index contributed by atoms with van der Waals surface area (Å²) in [5.41, 5.74) is 2.21. The Bertz CT molecular complexity index is 541. The van der Waals surface area contributed by atoms with Crippen LogP contribution in [-0.4, -0.2) is 47.0 Å². The minimum atomic E-state index is -4.10. The van der Waals surface area contributed by atoms with Gasteiger partial charge in [-0.2, -0.15) is 8.42 Å². The van der Waals surface area contributed by atoms with E-state index in [-0.39, 0.29) is 6.61 Å². The van der Waals surface area contributed by atoms with Crippen molar-refractivity contribution in [2.45, 2.75) is 6.32 Å². The van der Waals surface area contributed by atoms with E-state index in [0.717, 1.165) is 11.0 Å². The number of benzene rings is 1. The van der Waals surface area contributed by atoms with E-state index >= 15 is 0 Å². The lowest BCUT2D eigenvalue weighted by atomic mass is 9.87. The second kappa shape index (κ2) is 6.06. The Hall–Kier alpha value is -1.27. The molecule has 0 fully saturated rings. The SMILES string of the molecule is BCc1ccc(B)cc1C(=O)OCCS(=O)(=O)O. The van der Waals surface area contributed by atoms with Crippen LogP contribution < -0.4 is 5.46 Å². The third kappa shape index (κ3) is 4.54. The highest BCUT2D eigenvalue weighted by atomic mass is 32.2. The van der Waals surface area contributed by atoms with Gasteiger partial charge in [-0.1, -0.05) is 30.0 Å². The topological polar surface area (TPSA) is 80.7 Å². The molecule has 0 aromatic heterocycles. The van der Waals surface area contributed by atoms with Gasteiger partial charge in [-0.15, -0.1) is 0 Å². The van der Waals surface area contributed by atoms with Gasteiger partial charge in [0.1, 0.15) is 28.1 Å². The predicted octanol–water partition coefficient (Wildman–Crippen LogP) is -1.88. The summed E-state index contributed by atoms with van der Waals surface area (Å²) in [4.78, 5) is 11.8. The zero-order chi connectivity index (χ0) is 13.8. The van der Waals surface area contributed by atoms with Crippen LogP contribution in [0.1, 0.15) is 15.9 Å². The lowest BCUT2D eigenvalue weighted by molar-refractivity contribution is 0.0527. The van der Waals surface area contributed by atoms with E-state index in [0.29, 0.717) is 11.9 Å². The minimum absolute atomic E-state index is 0.352. The molecule has 0 saturated heterocycles. The van der Waals surface area contributed by atoms with E-state index in [1.807, 2.05) is 27.8 Å². The Morgan fingerprint density at radius 2 is 2.06 bits per heavy atom. The molecular weight excluding hydrogens is 254 g/mol. The summed E-state index contributed by atoms with van der Waals surface area (Å²) in [6.45, 7) is -0.352. The summed E-state index contributed by atoms with van der Waals surface area (Å²) in [7, 11) is -0.331. The Morgan fingerprint density at radius 3 is 2.61 bits per heavy atom. The van der Waals surface area contributed by atoms with Crippen molar-refractivity contribution in [3.05, 3.63) is 29.3 Å². The first-order valence-electron chi connectivity index (χ1n) is 5.55. The molecule has 0 spiro atoms. The van der Waals surface area contributed by atoms with Crippen molar-refractivity contribution in [1.82, 2.24) is 0 Å². The van der Waals surface area contributed by atoms with Crippen LogP contribution in [0.15, 0.2) is 18.2 Å². The Labute approximate surface area is 108 Å². The van der Waals surface area contributed by atoms with Crippen LogP contribution in [0.4, 0.5) is 0 Å². The molecule has 0 saturated carbocycles. The normalized spacial score (nSPS) is 11.2. The van der Waals surface area contributed by atoms with Gasteiger partial charge in [-0.3, -0.25) is 4.55 Å². The Morgan fingerprint density at radius 1 is 1.39 bits per heavy atom. The molecule has 1 rings (SSSR count). The third-order valence-electron chi connectivity index (χ3n) is 2.44. The van der Waals surface area contributed by atoms with E-state index in [1.165, 1.54) is 0 Å². The molecule has 0 aliphatic carbocycles. The maximum absolute atomic E-state index is 11.8. The van der Waals surface area contributed by atoms with Crippen LogP contribution in [0.5, 0.6) is 0 Å². The van der Waals surface area contributed by atoms with Gasteiger partial charge in [0.2, 0.25) is 0 Å². The van der Waals surface area contributed by atoms with E-state index < -0.39 is 21.8 Å². The second-order valence-electron chi connectivity index (χ2n) is 3.94. The number of ether oxygens (including phenoxy) is 1. The zero-order valence-electron chi connectivity index (χ0n) is 10.3. The largest absolute Gasteiger partial charge is 0.461 e. The number of carbonyl (C=O) groups excluding carboxylic acids is 1. The van der Waals surface area contributed by atoms with Crippen molar-refractivity contribution < 1.29 is 22.5 Å². The average molecular weight is 268 g/mol. The molecule has 1 aromatic rings. The van der Waals surface area contributed by atoms with E-state index in [9.17, 15) is 13.2 Å². The standard InChI is InChI=1S/C10H14B2O5S/c11-6-7-1-2-8(12)5-9(7)10(13)17-3-4-18(14,15)16/h1-2,5H,3-4,6,11-12H2,(H,14,15,16).